The fourth-order valence-electron chi connectivity index (χ4n) is 2.17. The van der Waals surface area contributed by atoms with E-state index >= 15 is 0 Å². The minimum Gasteiger partial charge on any atom is -0.478 e. The standard InChI is InChI=1S/C14H18N2O2S/c1-10-11(2)19-9-8-16(10)14-12(4-3-7-15-14)5-6-13(17)18/h3-7,10-11H,8-9H2,1-2H3,(H,17,18)/b6-5+. The Bertz CT molecular complexity index is 490. The lowest BCUT2D eigenvalue weighted by molar-refractivity contribution is -0.131. The molecule has 0 spiro atoms. The first kappa shape index (κ1) is 13.9. The average Bonchev–Trinajstić information content (AvgIpc) is 2.40. The molecule has 1 aliphatic heterocycles. The monoisotopic (exact) mass is 278 g/mol. The van der Waals surface area contributed by atoms with Crippen LogP contribution in [-0.2, 0) is 4.79 Å². The number of carbonyl (C=O) groups is 1. The Morgan fingerprint density at radius 3 is 3.11 bits per heavy atom. The molecule has 0 aliphatic carbocycles. The zero-order valence-corrected chi connectivity index (χ0v) is 11.9. The van der Waals surface area contributed by atoms with Crippen LogP contribution in [0.2, 0.25) is 0 Å². The Labute approximate surface area is 117 Å². The minimum absolute atomic E-state index is 0.394. The number of aliphatic carboxylic acids is 1. The highest BCUT2D eigenvalue weighted by atomic mass is 32.2. The first-order valence-corrected chi connectivity index (χ1v) is 7.38. The van der Waals surface area contributed by atoms with Gasteiger partial charge in [-0.3, -0.25) is 0 Å². The van der Waals surface area contributed by atoms with Gasteiger partial charge in [0.25, 0.3) is 0 Å². The van der Waals surface area contributed by atoms with E-state index in [0.717, 1.165) is 29.8 Å². The van der Waals surface area contributed by atoms with Gasteiger partial charge in [0.2, 0.25) is 0 Å². The Morgan fingerprint density at radius 2 is 2.37 bits per heavy atom. The predicted molar refractivity (Wildman–Crippen MR) is 79.6 cm³/mol. The van der Waals surface area contributed by atoms with E-state index in [0.29, 0.717) is 11.3 Å². The second-order valence-electron chi connectivity index (χ2n) is 4.60. The van der Waals surface area contributed by atoms with Crippen LogP contribution in [0.4, 0.5) is 5.82 Å². The van der Waals surface area contributed by atoms with E-state index in [1.54, 1.807) is 12.3 Å². The molecule has 102 valence electrons. The number of anilines is 1. The van der Waals surface area contributed by atoms with Crippen LogP contribution in [0.25, 0.3) is 6.08 Å². The van der Waals surface area contributed by atoms with Crippen molar-refractivity contribution in [1.82, 2.24) is 4.98 Å². The lowest BCUT2D eigenvalue weighted by Gasteiger charge is -2.39. The number of pyridine rings is 1. The smallest absolute Gasteiger partial charge is 0.328 e. The van der Waals surface area contributed by atoms with Crippen LogP contribution < -0.4 is 4.90 Å². The zero-order chi connectivity index (χ0) is 13.8. The highest BCUT2D eigenvalue weighted by Gasteiger charge is 2.27. The van der Waals surface area contributed by atoms with Crippen molar-refractivity contribution < 1.29 is 9.90 Å². The molecular weight excluding hydrogens is 260 g/mol. The molecule has 4 nitrogen and oxygen atoms in total. The van der Waals surface area contributed by atoms with E-state index in [1.807, 2.05) is 23.9 Å². The fraction of sp³-hybridized carbons (Fsp3) is 0.429. The van der Waals surface area contributed by atoms with Gasteiger partial charge in [-0.1, -0.05) is 6.92 Å². The Kier molecular flexibility index (Phi) is 4.47. The summed E-state index contributed by atoms with van der Waals surface area (Å²) in [7, 11) is 0. The Balaban J connectivity index is 2.31. The molecule has 5 heteroatoms. The molecule has 0 radical (unpaired) electrons. The second-order valence-corrected chi connectivity index (χ2v) is 6.08. The normalized spacial score (nSPS) is 23.8. The number of thioether (sulfide) groups is 1. The van der Waals surface area contributed by atoms with Gasteiger partial charge in [-0.2, -0.15) is 11.8 Å². The van der Waals surface area contributed by atoms with E-state index in [9.17, 15) is 4.79 Å². The summed E-state index contributed by atoms with van der Waals surface area (Å²) in [5.74, 6) is 1.01. The number of carboxylic acids is 1. The third-order valence-corrected chi connectivity index (χ3v) is 4.72. The van der Waals surface area contributed by atoms with Crippen molar-refractivity contribution in [2.75, 3.05) is 17.2 Å². The summed E-state index contributed by atoms with van der Waals surface area (Å²) >= 11 is 1.97. The first-order chi connectivity index (χ1) is 9.09. The van der Waals surface area contributed by atoms with Gasteiger partial charge in [0.05, 0.1) is 0 Å². The summed E-state index contributed by atoms with van der Waals surface area (Å²) < 4.78 is 0. The third-order valence-electron chi connectivity index (χ3n) is 3.38. The molecule has 2 rings (SSSR count). The maximum absolute atomic E-state index is 10.7. The van der Waals surface area contributed by atoms with Gasteiger partial charge in [0.1, 0.15) is 5.82 Å². The van der Waals surface area contributed by atoms with Crippen LogP contribution >= 0.6 is 11.8 Å². The molecular formula is C14H18N2O2S. The van der Waals surface area contributed by atoms with Crippen LogP contribution in [-0.4, -0.2) is 39.6 Å². The van der Waals surface area contributed by atoms with Crippen molar-refractivity contribution >= 4 is 29.6 Å². The summed E-state index contributed by atoms with van der Waals surface area (Å²) in [6.07, 6.45) is 4.53. The molecule has 19 heavy (non-hydrogen) atoms. The highest BCUT2D eigenvalue weighted by molar-refractivity contribution is 8.00. The van der Waals surface area contributed by atoms with Gasteiger partial charge in [0.15, 0.2) is 0 Å². The third kappa shape index (κ3) is 3.29. The van der Waals surface area contributed by atoms with Crippen LogP contribution in [0.3, 0.4) is 0 Å². The maximum Gasteiger partial charge on any atom is 0.328 e. The van der Waals surface area contributed by atoms with Gasteiger partial charge in [-0.15, -0.1) is 0 Å². The van der Waals surface area contributed by atoms with Crippen LogP contribution in [0.1, 0.15) is 19.4 Å². The number of hydrogen-bond acceptors (Lipinski definition) is 4. The van der Waals surface area contributed by atoms with E-state index < -0.39 is 5.97 Å². The summed E-state index contributed by atoms with van der Waals surface area (Å²) in [4.78, 5) is 17.4. The highest BCUT2D eigenvalue weighted by Crippen LogP contribution is 2.30. The number of carboxylic acid groups (broad SMARTS) is 1. The van der Waals surface area contributed by atoms with E-state index in [4.69, 9.17) is 5.11 Å². The van der Waals surface area contributed by atoms with Crippen molar-refractivity contribution in [3.8, 4) is 0 Å². The SMILES string of the molecule is CC1SCCN(c2ncccc2/C=C/C(=O)O)C1C. The van der Waals surface area contributed by atoms with E-state index in [-0.39, 0.29) is 0 Å². The van der Waals surface area contributed by atoms with Crippen LogP contribution in [0.15, 0.2) is 24.4 Å². The molecule has 2 heterocycles. The number of rotatable bonds is 3. The summed E-state index contributed by atoms with van der Waals surface area (Å²) in [5.41, 5.74) is 0.857. The molecule has 0 amide bonds. The average molecular weight is 278 g/mol. The molecule has 1 fully saturated rings. The topological polar surface area (TPSA) is 53.4 Å². The molecule has 1 aromatic rings. The first-order valence-electron chi connectivity index (χ1n) is 6.34. The number of hydrogen-bond donors (Lipinski definition) is 1. The summed E-state index contributed by atoms with van der Waals surface area (Å²) in [6, 6.07) is 4.13. The van der Waals surface area contributed by atoms with Crippen molar-refractivity contribution in [2.24, 2.45) is 0 Å². The molecule has 1 aliphatic rings. The molecule has 2 atom stereocenters. The van der Waals surface area contributed by atoms with Gasteiger partial charge in [-0.05, 0) is 25.1 Å². The molecule has 1 saturated heterocycles. The predicted octanol–water partition coefficient (Wildman–Crippen LogP) is 2.51. The van der Waals surface area contributed by atoms with Crippen molar-refractivity contribution in [3.05, 3.63) is 30.0 Å². The largest absolute Gasteiger partial charge is 0.478 e. The second kappa shape index (κ2) is 6.10. The Hall–Kier alpha value is -1.49. The van der Waals surface area contributed by atoms with Crippen LogP contribution in [0.5, 0.6) is 0 Å². The van der Waals surface area contributed by atoms with Crippen molar-refractivity contribution in [2.45, 2.75) is 25.1 Å². The Morgan fingerprint density at radius 1 is 1.58 bits per heavy atom. The molecule has 0 bridgehead atoms. The van der Waals surface area contributed by atoms with Gasteiger partial charge >= 0.3 is 5.97 Å². The molecule has 0 saturated carbocycles. The zero-order valence-electron chi connectivity index (χ0n) is 11.1. The molecule has 1 N–H and O–H groups in total. The molecule has 2 unspecified atom stereocenters. The number of nitrogens with zero attached hydrogens (tertiary/aromatic N) is 2. The summed E-state index contributed by atoms with van der Waals surface area (Å²) in [5, 5.41) is 9.29. The van der Waals surface area contributed by atoms with E-state index in [1.165, 1.54) is 0 Å². The minimum atomic E-state index is -0.939. The van der Waals surface area contributed by atoms with Gasteiger partial charge < -0.3 is 10.0 Å². The van der Waals surface area contributed by atoms with Crippen molar-refractivity contribution in [3.63, 3.8) is 0 Å². The molecule has 0 aromatic carbocycles. The van der Waals surface area contributed by atoms with Crippen molar-refractivity contribution in [1.29, 1.82) is 0 Å². The lowest BCUT2D eigenvalue weighted by Crippen LogP contribution is -2.45. The molecule has 1 aromatic heterocycles. The number of aromatic nitrogens is 1. The quantitative estimate of drug-likeness (QED) is 0.861. The van der Waals surface area contributed by atoms with Gasteiger partial charge in [-0.25, -0.2) is 9.78 Å². The fourth-order valence-corrected chi connectivity index (χ4v) is 3.27. The summed E-state index contributed by atoms with van der Waals surface area (Å²) in [6.45, 7) is 5.36. The lowest BCUT2D eigenvalue weighted by atomic mass is 10.1. The van der Waals surface area contributed by atoms with Gasteiger partial charge in [0, 0.05) is 41.4 Å². The van der Waals surface area contributed by atoms with Crippen LogP contribution in [0, 0.1) is 0 Å². The maximum atomic E-state index is 10.7. The van der Waals surface area contributed by atoms with E-state index in [2.05, 4.69) is 23.7 Å².